The predicted molar refractivity (Wildman–Crippen MR) is 125 cm³/mol. The average molecular weight is 452 g/mol. The van der Waals surface area contributed by atoms with Crippen LogP contribution >= 0.6 is 0 Å². The lowest BCUT2D eigenvalue weighted by atomic mass is 9.92. The summed E-state index contributed by atoms with van der Waals surface area (Å²) >= 11 is 0. The summed E-state index contributed by atoms with van der Waals surface area (Å²) in [6.07, 6.45) is 2.41. The summed E-state index contributed by atoms with van der Waals surface area (Å²) < 4.78 is 22.7. The highest BCUT2D eigenvalue weighted by atomic mass is 16.5. The molecule has 2 aromatic carbocycles. The zero-order valence-electron chi connectivity index (χ0n) is 19.2. The highest BCUT2D eigenvalue weighted by molar-refractivity contribution is 5.80. The molecule has 174 valence electrons. The van der Waals surface area contributed by atoms with Crippen LogP contribution in [0.5, 0.6) is 23.0 Å². The first-order valence-corrected chi connectivity index (χ1v) is 11.3. The Bertz CT molecular complexity index is 1180. The van der Waals surface area contributed by atoms with Crippen LogP contribution in [0.3, 0.4) is 0 Å². The van der Waals surface area contributed by atoms with Gasteiger partial charge in [-0.1, -0.05) is 26.0 Å². The van der Waals surface area contributed by atoms with Crippen LogP contribution in [0.1, 0.15) is 27.2 Å². The van der Waals surface area contributed by atoms with Crippen molar-refractivity contribution < 1.29 is 23.4 Å². The standard InChI is InChI=1S/C26H29NO6/c1-4-30-21-7-5-6-8-22(21)33-24-15-32-23-12-19(9-10-20(23)26(24)29)31-16-25(28)27-13-17(2)11-18(3)14-27/h5-10,12,15,17-18H,4,11,13-14,16H2,1-3H3/t17-,18-/m1/s1. The molecule has 3 aromatic rings. The molecule has 0 spiro atoms. The van der Waals surface area contributed by atoms with Crippen LogP contribution in [0.15, 0.2) is 57.9 Å². The number of rotatable bonds is 7. The second kappa shape index (κ2) is 9.98. The molecule has 0 N–H and O–H groups in total. The third-order valence-electron chi connectivity index (χ3n) is 5.67. The van der Waals surface area contributed by atoms with Gasteiger partial charge in [-0.3, -0.25) is 9.59 Å². The van der Waals surface area contributed by atoms with E-state index in [1.165, 1.54) is 6.26 Å². The van der Waals surface area contributed by atoms with Gasteiger partial charge in [-0.25, -0.2) is 0 Å². The van der Waals surface area contributed by atoms with Crippen molar-refractivity contribution in [1.29, 1.82) is 0 Å². The minimum atomic E-state index is -0.304. The summed E-state index contributed by atoms with van der Waals surface area (Å²) in [4.78, 5) is 27.4. The summed E-state index contributed by atoms with van der Waals surface area (Å²) in [6.45, 7) is 8.15. The van der Waals surface area contributed by atoms with Crippen molar-refractivity contribution in [2.45, 2.75) is 27.2 Å². The first kappa shape index (κ1) is 22.7. The Balaban J connectivity index is 1.47. The number of ether oxygens (including phenoxy) is 3. The van der Waals surface area contributed by atoms with Crippen molar-refractivity contribution in [3.63, 3.8) is 0 Å². The van der Waals surface area contributed by atoms with Crippen LogP contribution in [-0.2, 0) is 4.79 Å². The third-order valence-corrected chi connectivity index (χ3v) is 5.67. The second-order valence-electron chi connectivity index (χ2n) is 8.60. The van der Waals surface area contributed by atoms with Gasteiger partial charge in [0.15, 0.2) is 18.1 Å². The molecular weight excluding hydrogens is 422 g/mol. The molecule has 0 bridgehead atoms. The lowest BCUT2D eigenvalue weighted by Crippen LogP contribution is -2.44. The quantitative estimate of drug-likeness (QED) is 0.510. The van der Waals surface area contributed by atoms with Gasteiger partial charge in [-0.15, -0.1) is 0 Å². The van der Waals surface area contributed by atoms with Crippen molar-refractivity contribution >= 4 is 16.9 Å². The summed E-state index contributed by atoms with van der Waals surface area (Å²) in [5.41, 5.74) is 0.0529. The molecule has 1 aromatic heterocycles. The minimum Gasteiger partial charge on any atom is -0.490 e. The lowest BCUT2D eigenvalue weighted by Gasteiger charge is -2.34. The maximum absolute atomic E-state index is 12.9. The Hall–Kier alpha value is -3.48. The number of benzene rings is 2. The van der Waals surface area contributed by atoms with Crippen molar-refractivity contribution in [2.24, 2.45) is 11.8 Å². The average Bonchev–Trinajstić information content (AvgIpc) is 2.80. The highest BCUT2D eigenvalue weighted by Crippen LogP contribution is 2.31. The number of hydrogen-bond acceptors (Lipinski definition) is 6. The fourth-order valence-corrected chi connectivity index (χ4v) is 4.28. The number of amides is 1. The van der Waals surface area contributed by atoms with Crippen LogP contribution in [-0.4, -0.2) is 37.1 Å². The summed E-state index contributed by atoms with van der Waals surface area (Å²) in [7, 11) is 0. The van der Waals surface area contributed by atoms with E-state index in [0.717, 1.165) is 19.5 Å². The minimum absolute atomic E-state index is 0.0355. The zero-order valence-corrected chi connectivity index (χ0v) is 19.2. The van der Waals surface area contributed by atoms with E-state index >= 15 is 0 Å². The lowest BCUT2D eigenvalue weighted by molar-refractivity contribution is -0.136. The SMILES string of the molecule is CCOc1ccccc1Oc1coc2cc(OCC(=O)N3C[C@H](C)C[C@@H](C)C3)ccc2c1=O. The zero-order chi connectivity index (χ0) is 23.4. The Morgan fingerprint density at radius 2 is 1.76 bits per heavy atom. The molecule has 1 amide bonds. The molecule has 33 heavy (non-hydrogen) atoms. The second-order valence-corrected chi connectivity index (χ2v) is 8.60. The number of likely N-dealkylation sites (tertiary alicyclic amines) is 1. The Labute approximate surface area is 192 Å². The van der Waals surface area contributed by atoms with Gasteiger partial charge in [0, 0.05) is 19.2 Å². The first-order valence-electron chi connectivity index (χ1n) is 11.3. The number of carbonyl (C=O) groups excluding carboxylic acids is 1. The largest absolute Gasteiger partial charge is 0.490 e. The van der Waals surface area contributed by atoms with E-state index in [4.69, 9.17) is 18.6 Å². The van der Waals surface area contributed by atoms with Gasteiger partial charge in [-0.05, 0) is 49.4 Å². The van der Waals surface area contributed by atoms with Gasteiger partial charge < -0.3 is 23.5 Å². The van der Waals surface area contributed by atoms with Crippen molar-refractivity contribution in [3.8, 4) is 23.0 Å². The van der Waals surface area contributed by atoms with Gasteiger partial charge in [0.1, 0.15) is 17.6 Å². The molecule has 2 atom stereocenters. The van der Waals surface area contributed by atoms with Crippen LogP contribution in [0, 0.1) is 11.8 Å². The predicted octanol–water partition coefficient (Wildman–Crippen LogP) is 4.87. The topological polar surface area (TPSA) is 78.2 Å². The molecule has 7 heteroatoms. The molecule has 2 heterocycles. The Kier molecular flexibility index (Phi) is 6.87. The number of nitrogens with zero attached hydrogens (tertiary/aromatic N) is 1. The third kappa shape index (κ3) is 5.30. The van der Waals surface area contributed by atoms with E-state index < -0.39 is 0 Å². The van der Waals surface area contributed by atoms with Crippen LogP contribution in [0.2, 0.25) is 0 Å². The fraction of sp³-hybridized carbons (Fsp3) is 0.385. The number of para-hydroxylation sites is 2. The van der Waals surface area contributed by atoms with Crippen molar-refractivity contribution in [3.05, 3.63) is 59.0 Å². The molecule has 4 rings (SSSR count). The van der Waals surface area contributed by atoms with Crippen LogP contribution in [0.4, 0.5) is 0 Å². The molecular formula is C26H29NO6. The maximum Gasteiger partial charge on any atom is 0.260 e. The van der Waals surface area contributed by atoms with Gasteiger partial charge in [-0.2, -0.15) is 0 Å². The van der Waals surface area contributed by atoms with Gasteiger partial charge in [0.2, 0.25) is 11.2 Å². The monoisotopic (exact) mass is 451 g/mol. The molecule has 1 aliphatic heterocycles. The van der Waals surface area contributed by atoms with E-state index in [1.807, 2.05) is 17.9 Å². The Morgan fingerprint density at radius 3 is 2.48 bits per heavy atom. The van der Waals surface area contributed by atoms with Crippen LogP contribution < -0.4 is 19.6 Å². The molecule has 0 saturated carbocycles. The van der Waals surface area contributed by atoms with Crippen molar-refractivity contribution in [2.75, 3.05) is 26.3 Å². The van der Waals surface area contributed by atoms with E-state index in [0.29, 0.717) is 46.7 Å². The summed E-state index contributed by atoms with van der Waals surface area (Å²) in [5, 5.41) is 0.360. The summed E-state index contributed by atoms with van der Waals surface area (Å²) in [6, 6.07) is 12.0. The van der Waals surface area contributed by atoms with E-state index in [1.54, 1.807) is 36.4 Å². The number of fused-ring (bicyclic) bond motifs is 1. The maximum atomic E-state index is 12.9. The number of hydrogen-bond donors (Lipinski definition) is 0. The fourth-order valence-electron chi connectivity index (χ4n) is 4.28. The molecule has 1 fully saturated rings. The normalized spacial score (nSPS) is 18.2. The smallest absolute Gasteiger partial charge is 0.260 e. The number of carbonyl (C=O) groups is 1. The van der Waals surface area contributed by atoms with Gasteiger partial charge >= 0.3 is 0 Å². The van der Waals surface area contributed by atoms with Crippen molar-refractivity contribution in [1.82, 2.24) is 4.90 Å². The van der Waals surface area contributed by atoms with Gasteiger partial charge in [0.05, 0.1) is 12.0 Å². The molecule has 1 saturated heterocycles. The van der Waals surface area contributed by atoms with Crippen LogP contribution in [0.25, 0.3) is 11.0 Å². The molecule has 7 nitrogen and oxygen atoms in total. The molecule has 1 aliphatic rings. The van der Waals surface area contributed by atoms with Gasteiger partial charge in [0.25, 0.3) is 5.91 Å². The Morgan fingerprint density at radius 1 is 1.03 bits per heavy atom. The molecule has 0 aliphatic carbocycles. The number of piperidine rings is 1. The highest BCUT2D eigenvalue weighted by Gasteiger charge is 2.25. The molecule has 0 radical (unpaired) electrons. The van der Waals surface area contributed by atoms with E-state index in [9.17, 15) is 9.59 Å². The summed E-state index contributed by atoms with van der Waals surface area (Å²) in [5.74, 6) is 2.45. The molecule has 0 unspecified atom stereocenters. The van der Waals surface area contributed by atoms with E-state index in [-0.39, 0.29) is 23.7 Å². The van der Waals surface area contributed by atoms with E-state index in [2.05, 4.69) is 13.8 Å². The first-order chi connectivity index (χ1) is 15.9.